The highest BCUT2D eigenvalue weighted by atomic mass is 19.1. The van der Waals surface area contributed by atoms with E-state index >= 15 is 4.39 Å². The number of rotatable bonds is 6. The zero-order valence-corrected chi connectivity index (χ0v) is 18.5. The first-order valence-corrected chi connectivity index (χ1v) is 10.9. The first kappa shape index (κ1) is 21.8. The van der Waals surface area contributed by atoms with Gasteiger partial charge >= 0.3 is 0 Å². The summed E-state index contributed by atoms with van der Waals surface area (Å²) in [4.78, 5) is 27.0. The molecule has 10 heteroatoms. The van der Waals surface area contributed by atoms with E-state index in [0.29, 0.717) is 66.3 Å². The minimum absolute atomic E-state index is 0.326. The molecule has 1 fully saturated rings. The van der Waals surface area contributed by atoms with E-state index in [1.807, 2.05) is 17.0 Å². The number of nitrogens with zero attached hydrogens (tertiary/aromatic N) is 4. The Labute approximate surface area is 195 Å². The average molecular weight is 462 g/mol. The number of nitrogens with one attached hydrogen (secondary N) is 2. The molecule has 2 aliphatic rings. The van der Waals surface area contributed by atoms with E-state index in [1.54, 1.807) is 24.5 Å². The molecule has 2 aromatic heterocycles. The lowest BCUT2D eigenvalue weighted by molar-refractivity contribution is -0.109. The van der Waals surface area contributed by atoms with Gasteiger partial charge in [-0.2, -0.15) is 0 Å². The molecule has 34 heavy (non-hydrogen) atoms. The van der Waals surface area contributed by atoms with E-state index in [-0.39, 0.29) is 5.82 Å². The van der Waals surface area contributed by atoms with Crippen LogP contribution in [0.25, 0.3) is 17.5 Å². The maximum atomic E-state index is 15.0. The van der Waals surface area contributed by atoms with Gasteiger partial charge < -0.3 is 29.8 Å². The second-order valence-electron chi connectivity index (χ2n) is 7.78. The van der Waals surface area contributed by atoms with E-state index in [9.17, 15) is 4.79 Å². The molecule has 0 aliphatic carbocycles. The van der Waals surface area contributed by atoms with Gasteiger partial charge in [0.15, 0.2) is 5.69 Å². The van der Waals surface area contributed by atoms with Crippen molar-refractivity contribution in [3.63, 3.8) is 0 Å². The lowest BCUT2D eigenvalue weighted by Gasteiger charge is -2.29. The van der Waals surface area contributed by atoms with Crippen LogP contribution in [-0.2, 0) is 9.53 Å². The van der Waals surface area contributed by atoms with E-state index in [0.717, 1.165) is 11.8 Å². The topological polar surface area (TPSA) is 102 Å². The Morgan fingerprint density at radius 3 is 2.82 bits per heavy atom. The molecule has 1 saturated heterocycles. The van der Waals surface area contributed by atoms with Gasteiger partial charge in [0.05, 0.1) is 31.7 Å². The highest BCUT2D eigenvalue weighted by Crippen LogP contribution is 2.35. The summed E-state index contributed by atoms with van der Waals surface area (Å²) in [6.07, 6.45) is 7.44. The molecule has 4 heterocycles. The van der Waals surface area contributed by atoms with Crippen molar-refractivity contribution in [2.75, 3.05) is 43.6 Å². The Balaban J connectivity index is 1.55. The van der Waals surface area contributed by atoms with Gasteiger partial charge in [-0.05, 0) is 42.1 Å². The summed E-state index contributed by atoms with van der Waals surface area (Å²) in [5.74, 6) is 0.386. The number of anilines is 3. The number of hydrogen-bond donors (Lipinski definition) is 2. The lowest BCUT2D eigenvalue weighted by atomic mass is 9.97. The number of benzene rings is 1. The van der Waals surface area contributed by atoms with E-state index in [2.05, 4.69) is 20.6 Å². The highest BCUT2D eigenvalue weighted by molar-refractivity contribution is 5.80. The molecule has 9 nitrogen and oxygen atoms in total. The van der Waals surface area contributed by atoms with Crippen molar-refractivity contribution in [3.8, 4) is 17.3 Å². The van der Waals surface area contributed by atoms with Gasteiger partial charge in [-0.3, -0.25) is 0 Å². The molecule has 2 aliphatic heterocycles. The zero-order valence-electron chi connectivity index (χ0n) is 18.5. The molecule has 1 aromatic carbocycles. The number of morpholine rings is 1. The fourth-order valence-corrected chi connectivity index (χ4v) is 4.12. The number of aldehydes is 1. The molecular weight excluding hydrogens is 439 g/mol. The number of carbonyl (C=O) groups excluding carboxylic acids is 1. The second kappa shape index (κ2) is 9.44. The number of halogens is 1. The zero-order chi connectivity index (χ0) is 23.5. The molecule has 0 saturated carbocycles. The van der Waals surface area contributed by atoms with Crippen LogP contribution in [0.4, 0.5) is 21.6 Å². The fourth-order valence-electron chi connectivity index (χ4n) is 4.12. The van der Waals surface area contributed by atoms with Crippen LogP contribution in [0.2, 0.25) is 0 Å². The van der Waals surface area contributed by atoms with Crippen LogP contribution >= 0.6 is 0 Å². The fraction of sp³-hybridized carbons (Fsp3) is 0.250. The molecule has 5 rings (SSSR count). The number of carbonyl (C=O) groups is 1. The maximum absolute atomic E-state index is 15.0. The summed E-state index contributed by atoms with van der Waals surface area (Å²) < 4.78 is 25.7. The molecular formula is C24H23FN6O3. The Kier molecular flexibility index (Phi) is 6.05. The number of ether oxygens (including phenoxy) is 2. The molecule has 174 valence electrons. The van der Waals surface area contributed by atoms with E-state index in [1.165, 1.54) is 19.4 Å². The molecule has 0 bridgehead atoms. The van der Waals surface area contributed by atoms with Crippen LogP contribution in [0.3, 0.4) is 0 Å². The van der Waals surface area contributed by atoms with Crippen molar-refractivity contribution >= 4 is 29.6 Å². The first-order chi connectivity index (χ1) is 16.7. The lowest BCUT2D eigenvalue weighted by Crippen LogP contribution is -2.36. The smallest absolute Gasteiger partial charge is 0.241 e. The van der Waals surface area contributed by atoms with Gasteiger partial charge in [-0.15, -0.1) is 0 Å². The van der Waals surface area contributed by atoms with Gasteiger partial charge in [0.2, 0.25) is 5.88 Å². The van der Waals surface area contributed by atoms with E-state index in [4.69, 9.17) is 14.5 Å². The van der Waals surface area contributed by atoms with Gasteiger partial charge in [0, 0.05) is 36.7 Å². The number of methoxy groups -OCH3 is 1. The number of aromatic nitrogens is 3. The average Bonchev–Trinajstić information content (AvgIpc) is 2.88. The monoisotopic (exact) mass is 462 g/mol. The molecule has 0 spiro atoms. The Bertz CT molecular complexity index is 1250. The van der Waals surface area contributed by atoms with Crippen molar-refractivity contribution in [3.05, 3.63) is 59.8 Å². The third-order valence-corrected chi connectivity index (χ3v) is 5.74. The van der Waals surface area contributed by atoms with E-state index < -0.39 is 6.04 Å². The predicted octanol–water partition coefficient (Wildman–Crippen LogP) is 3.08. The number of fused-ring (bicyclic) bond motifs is 1. The predicted molar refractivity (Wildman–Crippen MR) is 126 cm³/mol. The SMILES string of the molecule is COc1nccnc1-c1cc2c(c(Nc3ccc(N4CCOCC4)c(F)c3)n1)C(C=O)NC=C2. The van der Waals surface area contributed by atoms with Crippen molar-refractivity contribution in [2.45, 2.75) is 6.04 Å². The third kappa shape index (κ3) is 4.15. The van der Waals surface area contributed by atoms with Crippen LogP contribution in [-0.4, -0.2) is 54.7 Å². The van der Waals surface area contributed by atoms with Crippen LogP contribution < -0.4 is 20.3 Å². The summed E-state index contributed by atoms with van der Waals surface area (Å²) in [5.41, 5.74) is 3.43. The summed E-state index contributed by atoms with van der Waals surface area (Å²) in [5, 5.41) is 6.22. The number of pyridine rings is 1. The highest BCUT2D eigenvalue weighted by Gasteiger charge is 2.24. The third-order valence-electron chi connectivity index (χ3n) is 5.74. The molecule has 2 N–H and O–H groups in total. The quantitative estimate of drug-likeness (QED) is 0.535. The van der Waals surface area contributed by atoms with Crippen LogP contribution in [0.1, 0.15) is 17.2 Å². The second-order valence-corrected chi connectivity index (χ2v) is 7.78. The van der Waals surface area contributed by atoms with Gasteiger partial charge in [0.25, 0.3) is 0 Å². The number of hydrogen-bond acceptors (Lipinski definition) is 9. The summed E-state index contributed by atoms with van der Waals surface area (Å²) >= 11 is 0. The van der Waals surface area contributed by atoms with Gasteiger partial charge in [-0.25, -0.2) is 19.3 Å². The molecule has 0 amide bonds. The molecule has 3 aromatic rings. The minimum Gasteiger partial charge on any atom is -0.479 e. The van der Waals surface area contributed by atoms with Crippen molar-refractivity contribution < 1.29 is 18.7 Å². The van der Waals surface area contributed by atoms with Crippen molar-refractivity contribution in [1.29, 1.82) is 0 Å². The molecule has 0 radical (unpaired) electrons. The standard InChI is InChI=1S/C24H23FN6O3/c1-33-24-22(27-6-7-28-24)18-12-15-4-5-26-19(14-32)21(15)23(30-18)29-16-2-3-20(17(25)13-16)31-8-10-34-11-9-31/h2-7,12-14,19,26H,8-11H2,1H3,(H,29,30). The van der Waals surface area contributed by atoms with Crippen LogP contribution in [0.5, 0.6) is 5.88 Å². The van der Waals surface area contributed by atoms with Gasteiger partial charge in [-0.1, -0.05) is 0 Å². The Morgan fingerprint density at radius 1 is 1.24 bits per heavy atom. The summed E-state index contributed by atoms with van der Waals surface area (Å²) in [6.45, 7) is 2.42. The normalized spacial score (nSPS) is 17.0. The largest absolute Gasteiger partial charge is 0.479 e. The van der Waals surface area contributed by atoms with Crippen LogP contribution in [0.15, 0.2) is 42.9 Å². The minimum atomic E-state index is -0.606. The van der Waals surface area contributed by atoms with Crippen molar-refractivity contribution in [2.24, 2.45) is 0 Å². The molecule has 1 atom stereocenters. The van der Waals surface area contributed by atoms with Crippen LogP contribution in [0, 0.1) is 5.82 Å². The Hall–Kier alpha value is -4.05. The summed E-state index contributed by atoms with van der Waals surface area (Å²) in [6, 6.07) is 6.17. The Morgan fingerprint density at radius 2 is 2.06 bits per heavy atom. The van der Waals surface area contributed by atoms with Crippen molar-refractivity contribution in [1.82, 2.24) is 20.3 Å². The first-order valence-electron chi connectivity index (χ1n) is 10.9. The maximum Gasteiger partial charge on any atom is 0.241 e. The summed E-state index contributed by atoms with van der Waals surface area (Å²) in [7, 11) is 1.51. The van der Waals surface area contributed by atoms with Gasteiger partial charge in [0.1, 0.15) is 24.0 Å². The molecule has 1 unspecified atom stereocenters.